The predicted octanol–water partition coefficient (Wildman–Crippen LogP) is 3.65. The Balaban J connectivity index is 2.16. The van der Waals surface area contributed by atoms with Crippen molar-refractivity contribution in [2.45, 2.75) is 13.5 Å². The number of aryl methyl sites for hydroxylation is 2. The number of carbonyl (C=O) groups is 1. The van der Waals surface area contributed by atoms with E-state index in [4.69, 9.17) is 4.74 Å². The van der Waals surface area contributed by atoms with Gasteiger partial charge in [-0.1, -0.05) is 15.9 Å². The van der Waals surface area contributed by atoms with Crippen LogP contribution in [0.4, 0.5) is 0 Å². The molecule has 6 heteroatoms. The molecule has 0 unspecified atom stereocenters. The Morgan fingerprint density at radius 2 is 2.16 bits per heavy atom. The molecule has 0 radical (unpaired) electrons. The molecule has 0 saturated heterocycles. The van der Waals surface area contributed by atoms with Crippen molar-refractivity contribution in [1.82, 2.24) is 9.78 Å². The third-order valence-electron chi connectivity index (χ3n) is 2.73. The smallest absolute Gasteiger partial charge is 0.151 e. The number of halogens is 2. The number of rotatable bonds is 4. The van der Waals surface area contributed by atoms with E-state index in [0.29, 0.717) is 17.9 Å². The molecule has 0 spiro atoms. The van der Waals surface area contributed by atoms with E-state index in [1.54, 1.807) is 16.8 Å². The van der Waals surface area contributed by atoms with Crippen LogP contribution in [0.2, 0.25) is 0 Å². The van der Waals surface area contributed by atoms with Crippen LogP contribution in [-0.2, 0) is 13.7 Å². The molecule has 0 aliphatic heterocycles. The first kappa shape index (κ1) is 14.3. The molecule has 0 bridgehead atoms. The highest BCUT2D eigenvalue weighted by molar-refractivity contribution is 9.10. The molecule has 2 aromatic rings. The largest absolute Gasteiger partial charge is 0.487 e. The number of hydrogen-bond acceptors (Lipinski definition) is 3. The maximum Gasteiger partial charge on any atom is 0.151 e. The molecule has 0 saturated carbocycles. The molecule has 1 aromatic heterocycles. The minimum Gasteiger partial charge on any atom is -0.487 e. The monoisotopic (exact) mass is 386 g/mol. The third kappa shape index (κ3) is 3.06. The van der Waals surface area contributed by atoms with Crippen molar-refractivity contribution >= 4 is 38.1 Å². The highest BCUT2D eigenvalue weighted by Crippen LogP contribution is 2.24. The van der Waals surface area contributed by atoms with Gasteiger partial charge in [0.2, 0.25) is 0 Å². The molecule has 0 atom stereocenters. The van der Waals surface area contributed by atoms with Crippen molar-refractivity contribution in [3.8, 4) is 5.75 Å². The summed E-state index contributed by atoms with van der Waals surface area (Å²) >= 11 is 6.79. The molecular formula is C13H12Br2N2O2. The zero-order chi connectivity index (χ0) is 14.0. The van der Waals surface area contributed by atoms with E-state index in [1.165, 1.54) is 0 Å². The van der Waals surface area contributed by atoms with Gasteiger partial charge in [-0.05, 0) is 41.1 Å². The molecule has 100 valence electrons. The van der Waals surface area contributed by atoms with Crippen molar-refractivity contribution in [3.05, 3.63) is 44.1 Å². The minimum atomic E-state index is 0.387. The molecule has 0 N–H and O–H groups in total. The predicted molar refractivity (Wildman–Crippen MR) is 79.5 cm³/mol. The number of ether oxygens (including phenoxy) is 1. The van der Waals surface area contributed by atoms with Gasteiger partial charge >= 0.3 is 0 Å². The van der Waals surface area contributed by atoms with Gasteiger partial charge in [0.1, 0.15) is 12.4 Å². The fourth-order valence-electron chi connectivity index (χ4n) is 1.69. The summed E-state index contributed by atoms with van der Waals surface area (Å²) in [5.41, 5.74) is 2.44. The number of benzene rings is 1. The molecule has 1 aromatic carbocycles. The van der Waals surface area contributed by atoms with E-state index in [0.717, 1.165) is 26.6 Å². The van der Waals surface area contributed by atoms with E-state index < -0.39 is 0 Å². The first-order chi connectivity index (χ1) is 9.02. The lowest BCUT2D eigenvalue weighted by Crippen LogP contribution is -2.04. The van der Waals surface area contributed by atoms with Crippen LogP contribution in [-0.4, -0.2) is 16.1 Å². The third-order valence-corrected chi connectivity index (χ3v) is 4.49. The first-order valence-corrected chi connectivity index (χ1v) is 7.17. The van der Waals surface area contributed by atoms with Crippen molar-refractivity contribution < 1.29 is 9.53 Å². The van der Waals surface area contributed by atoms with Crippen molar-refractivity contribution in [1.29, 1.82) is 0 Å². The average Bonchev–Trinajstić information content (AvgIpc) is 2.63. The normalized spacial score (nSPS) is 10.5. The minimum absolute atomic E-state index is 0.387. The van der Waals surface area contributed by atoms with Crippen LogP contribution in [0.3, 0.4) is 0 Å². The van der Waals surface area contributed by atoms with E-state index in [1.807, 2.05) is 20.0 Å². The lowest BCUT2D eigenvalue weighted by Gasteiger charge is -2.08. The van der Waals surface area contributed by atoms with Crippen LogP contribution in [0, 0.1) is 6.92 Å². The Morgan fingerprint density at radius 3 is 2.74 bits per heavy atom. The number of nitrogens with zero attached hydrogens (tertiary/aromatic N) is 2. The summed E-state index contributed by atoms with van der Waals surface area (Å²) < 4.78 is 9.17. The van der Waals surface area contributed by atoms with Crippen molar-refractivity contribution in [3.63, 3.8) is 0 Å². The lowest BCUT2D eigenvalue weighted by molar-refractivity contribution is 0.112. The average molecular weight is 388 g/mol. The second kappa shape index (κ2) is 5.88. The summed E-state index contributed by atoms with van der Waals surface area (Å²) in [7, 11) is 1.87. The highest BCUT2D eigenvalue weighted by atomic mass is 79.9. The zero-order valence-electron chi connectivity index (χ0n) is 10.5. The summed E-state index contributed by atoms with van der Waals surface area (Å²) in [6.45, 7) is 2.32. The van der Waals surface area contributed by atoms with Gasteiger partial charge < -0.3 is 4.74 Å². The topological polar surface area (TPSA) is 44.1 Å². The van der Waals surface area contributed by atoms with E-state index >= 15 is 0 Å². The number of aldehydes is 1. The molecule has 0 aliphatic rings. The highest BCUT2D eigenvalue weighted by Gasteiger charge is 2.11. The fraction of sp³-hybridized carbons (Fsp3) is 0.231. The number of carbonyl (C=O) groups excluding carboxylic acids is 1. The van der Waals surface area contributed by atoms with Crippen LogP contribution in [0.25, 0.3) is 0 Å². The van der Waals surface area contributed by atoms with Gasteiger partial charge in [0, 0.05) is 17.1 Å². The van der Waals surface area contributed by atoms with Gasteiger partial charge in [-0.15, -0.1) is 0 Å². The Bertz CT molecular complexity index is 623. The van der Waals surface area contributed by atoms with E-state index in [-0.39, 0.29) is 0 Å². The molecule has 0 amide bonds. The van der Waals surface area contributed by atoms with Crippen LogP contribution in [0.15, 0.2) is 27.1 Å². The molecule has 2 rings (SSSR count). The first-order valence-electron chi connectivity index (χ1n) is 5.58. The summed E-state index contributed by atoms with van der Waals surface area (Å²) in [5.74, 6) is 0.649. The standard InChI is InChI=1S/C13H12Br2N2O2/c1-8-13(15)12(17(2)16-8)7-19-10-3-4-11(14)9(5-10)6-18/h3-6H,7H2,1-2H3. The Hall–Kier alpha value is -1.14. The quantitative estimate of drug-likeness (QED) is 0.752. The van der Waals surface area contributed by atoms with E-state index in [9.17, 15) is 4.79 Å². The summed E-state index contributed by atoms with van der Waals surface area (Å²) in [4.78, 5) is 10.9. The second-order valence-corrected chi connectivity index (χ2v) is 5.71. The molecule has 1 heterocycles. The fourth-order valence-corrected chi connectivity index (χ4v) is 2.48. The van der Waals surface area contributed by atoms with Gasteiger partial charge in [-0.25, -0.2) is 0 Å². The Kier molecular flexibility index (Phi) is 4.42. The van der Waals surface area contributed by atoms with Crippen LogP contribution >= 0.6 is 31.9 Å². The van der Waals surface area contributed by atoms with Crippen molar-refractivity contribution in [2.75, 3.05) is 0 Å². The Morgan fingerprint density at radius 1 is 1.42 bits per heavy atom. The molecule has 4 nitrogen and oxygen atoms in total. The van der Waals surface area contributed by atoms with E-state index in [2.05, 4.69) is 37.0 Å². The van der Waals surface area contributed by atoms with Crippen LogP contribution in [0.5, 0.6) is 5.75 Å². The zero-order valence-corrected chi connectivity index (χ0v) is 13.7. The van der Waals surface area contributed by atoms with Gasteiger partial charge in [-0.2, -0.15) is 5.10 Å². The number of aromatic nitrogens is 2. The van der Waals surface area contributed by atoms with Gasteiger partial charge in [0.05, 0.1) is 15.9 Å². The summed E-state index contributed by atoms with van der Waals surface area (Å²) in [5, 5.41) is 4.30. The lowest BCUT2D eigenvalue weighted by atomic mass is 10.2. The van der Waals surface area contributed by atoms with Crippen LogP contribution < -0.4 is 4.74 Å². The van der Waals surface area contributed by atoms with Gasteiger partial charge in [0.25, 0.3) is 0 Å². The summed E-state index contributed by atoms with van der Waals surface area (Å²) in [6, 6.07) is 5.31. The maximum atomic E-state index is 10.9. The SMILES string of the molecule is Cc1nn(C)c(COc2ccc(Br)c(C=O)c2)c1Br. The molecular weight excluding hydrogens is 376 g/mol. The van der Waals surface area contributed by atoms with Crippen LogP contribution in [0.1, 0.15) is 21.7 Å². The van der Waals surface area contributed by atoms with Gasteiger partial charge in [-0.3, -0.25) is 9.48 Å². The number of hydrogen-bond donors (Lipinski definition) is 0. The maximum absolute atomic E-state index is 10.9. The summed E-state index contributed by atoms with van der Waals surface area (Å²) in [6.07, 6.45) is 0.793. The molecule has 0 fully saturated rings. The van der Waals surface area contributed by atoms with Gasteiger partial charge in [0.15, 0.2) is 6.29 Å². The molecule has 0 aliphatic carbocycles. The second-order valence-electron chi connectivity index (χ2n) is 4.06. The Labute approximate surface area is 128 Å². The molecule has 19 heavy (non-hydrogen) atoms. The van der Waals surface area contributed by atoms with Crippen molar-refractivity contribution in [2.24, 2.45) is 7.05 Å².